The van der Waals surface area contributed by atoms with Crippen molar-refractivity contribution in [3.63, 3.8) is 0 Å². The molecule has 3 rings (SSSR count). The summed E-state index contributed by atoms with van der Waals surface area (Å²) in [6, 6.07) is 2.02. The number of halogens is 1. The van der Waals surface area contributed by atoms with Crippen molar-refractivity contribution in [1.29, 1.82) is 0 Å². The summed E-state index contributed by atoms with van der Waals surface area (Å²) in [7, 11) is 1.69. The number of piperazine rings is 1. The number of pyridine rings is 1. The van der Waals surface area contributed by atoms with Crippen molar-refractivity contribution in [2.45, 2.75) is 65.3 Å². The van der Waals surface area contributed by atoms with Crippen LogP contribution in [0.25, 0.3) is 0 Å². The second kappa shape index (κ2) is 8.99. The van der Waals surface area contributed by atoms with Gasteiger partial charge in [-0.05, 0) is 25.3 Å². The van der Waals surface area contributed by atoms with Crippen LogP contribution in [0.5, 0.6) is 0 Å². The summed E-state index contributed by atoms with van der Waals surface area (Å²) >= 11 is 0. The molecule has 1 fully saturated rings. The van der Waals surface area contributed by atoms with Gasteiger partial charge in [0, 0.05) is 57.0 Å². The van der Waals surface area contributed by atoms with E-state index in [9.17, 15) is 9.59 Å². The number of nitrogens with one attached hydrogen (secondary N) is 1. The molecule has 0 unspecified atom stereocenters. The molecule has 7 nitrogen and oxygen atoms in total. The van der Waals surface area contributed by atoms with Gasteiger partial charge in [0.05, 0.1) is 12.2 Å². The van der Waals surface area contributed by atoms with Gasteiger partial charge in [-0.15, -0.1) is 12.4 Å². The number of carbonyl (C=O) groups excluding carboxylic acids is 1. The first-order chi connectivity index (χ1) is 13.5. The average molecular weight is 441 g/mol. The summed E-state index contributed by atoms with van der Waals surface area (Å²) in [6.07, 6.45) is 1.88. The Bertz CT molecular complexity index is 838. The van der Waals surface area contributed by atoms with Gasteiger partial charge in [0.15, 0.2) is 0 Å². The fourth-order valence-electron chi connectivity index (χ4n) is 4.39. The van der Waals surface area contributed by atoms with Crippen LogP contribution in [0.2, 0.25) is 0 Å². The lowest BCUT2D eigenvalue weighted by Gasteiger charge is -2.46. The standard InChI is InChI=1S/C22H36N4O3.ClH/c1-15(2)9-24-11-18-17(8-19(24)27)21(4,5)14-26(18)20(28)12-25-10-16(3)23-13-22(25,6)29-7;/h8,11,15-16,23H,9-10,12-14H2,1-7H3;1H/t16-,22-;/m1./s1. The summed E-state index contributed by atoms with van der Waals surface area (Å²) < 4.78 is 7.47. The molecular weight excluding hydrogens is 404 g/mol. The highest BCUT2D eigenvalue weighted by Gasteiger charge is 2.42. The maximum Gasteiger partial charge on any atom is 0.250 e. The highest BCUT2D eigenvalue weighted by atomic mass is 35.5. The first-order valence-corrected chi connectivity index (χ1v) is 10.6. The predicted molar refractivity (Wildman–Crippen MR) is 123 cm³/mol. The molecule has 0 spiro atoms. The van der Waals surface area contributed by atoms with Gasteiger partial charge in [0.2, 0.25) is 5.91 Å². The third kappa shape index (κ3) is 4.74. The van der Waals surface area contributed by atoms with Crippen molar-refractivity contribution in [1.82, 2.24) is 14.8 Å². The van der Waals surface area contributed by atoms with Crippen LogP contribution in [0.3, 0.4) is 0 Å². The summed E-state index contributed by atoms with van der Waals surface area (Å²) in [5, 5.41) is 3.43. The molecule has 0 bridgehead atoms. The number of hydrogen-bond acceptors (Lipinski definition) is 5. The number of rotatable bonds is 5. The molecule has 30 heavy (non-hydrogen) atoms. The maximum atomic E-state index is 13.4. The minimum Gasteiger partial charge on any atom is -0.363 e. The highest BCUT2D eigenvalue weighted by Crippen LogP contribution is 2.39. The van der Waals surface area contributed by atoms with Crippen molar-refractivity contribution >= 4 is 24.0 Å². The van der Waals surface area contributed by atoms with Gasteiger partial charge in [0.1, 0.15) is 5.72 Å². The molecule has 2 aliphatic rings. The third-order valence-electron chi connectivity index (χ3n) is 6.25. The molecule has 0 radical (unpaired) electrons. The first kappa shape index (κ1) is 24.9. The molecule has 1 N–H and O–H groups in total. The quantitative estimate of drug-likeness (QED) is 0.760. The number of amides is 1. The Morgan fingerprint density at radius 3 is 2.60 bits per heavy atom. The zero-order valence-electron chi connectivity index (χ0n) is 19.3. The van der Waals surface area contributed by atoms with Crippen LogP contribution in [0, 0.1) is 5.92 Å². The number of fused-ring (bicyclic) bond motifs is 1. The van der Waals surface area contributed by atoms with Crippen LogP contribution in [0.15, 0.2) is 17.1 Å². The SMILES string of the molecule is CO[C@]1(C)CN[C@H](C)CN1CC(=O)N1CC(C)(C)c2cc(=O)n(CC(C)C)cc21.Cl. The topological polar surface area (TPSA) is 66.8 Å². The number of ether oxygens (including phenoxy) is 1. The Morgan fingerprint density at radius 1 is 1.33 bits per heavy atom. The number of aromatic nitrogens is 1. The number of nitrogens with zero attached hydrogens (tertiary/aromatic N) is 3. The van der Waals surface area contributed by atoms with Crippen molar-refractivity contribution in [3.8, 4) is 0 Å². The second-order valence-electron chi connectivity index (χ2n) is 9.86. The molecule has 1 saturated heterocycles. The molecular formula is C22H37ClN4O3. The lowest BCUT2D eigenvalue weighted by molar-refractivity contribution is -0.150. The van der Waals surface area contributed by atoms with E-state index in [-0.39, 0.29) is 35.8 Å². The summed E-state index contributed by atoms with van der Waals surface area (Å²) in [6.45, 7) is 15.4. The molecule has 2 atom stereocenters. The van der Waals surface area contributed by atoms with E-state index in [2.05, 4.69) is 44.8 Å². The molecule has 0 saturated carbocycles. The van der Waals surface area contributed by atoms with E-state index in [1.807, 2.05) is 18.0 Å². The molecule has 3 heterocycles. The minimum absolute atomic E-state index is 0. The Labute approximate surface area is 186 Å². The highest BCUT2D eigenvalue weighted by molar-refractivity contribution is 5.97. The van der Waals surface area contributed by atoms with Gasteiger partial charge >= 0.3 is 0 Å². The molecule has 1 amide bonds. The third-order valence-corrected chi connectivity index (χ3v) is 6.25. The lowest BCUT2D eigenvalue weighted by atomic mass is 9.87. The summed E-state index contributed by atoms with van der Waals surface area (Å²) in [4.78, 5) is 30.0. The number of carbonyl (C=O) groups is 1. The van der Waals surface area contributed by atoms with Gasteiger partial charge in [-0.1, -0.05) is 27.7 Å². The van der Waals surface area contributed by atoms with Gasteiger partial charge < -0.3 is 19.5 Å². The Hall–Kier alpha value is -1.41. The van der Waals surface area contributed by atoms with Crippen molar-refractivity contribution in [2.75, 3.05) is 38.2 Å². The van der Waals surface area contributed by atoms with Crippen LogP contribution in [-0.2, 0) is 21.5 Å². The average Bonchev–Trinajstić information content (AvgIpc) is 2.89. The number of anilines is 1. The summed E-state index contributed by atoms with van der Waals surface area (Å²) in [5.74, 6) is 0.401. The van der Waals surface area contributed by atoms with Gasteiger partial charge in [-0.3, -0.25) is 14.5 Å². The zero-order valence-corrected chi connectivity index (χ0v) is 20.1. The molecule has 1 aromatic rings. The van der Waals surface area contributed by atoms with Gasteiger partial charge in [0.25, 0.3) is 5.56 Å². The molecule has 8 heteroatoms. The smallest absolute Gasteiger partial charge is 0.250 e. The minimum atomic E-state index is -0.517. The molecule has 1 aromatic heterocycles. The normalized spacial score (nSPS) is 25.9. The Balaban J connectivity index is 0.00000320. The lowest BCUT2D eigenvalue weighted by Crippen LogP contribution is -2.65. The fourth-order valence-corrected chi connectivity index (χ4v) is 4.39. The van der Waals surface area contributed by atoms with Crippen molar-refractivity contribution in [3.05, 3.63) is 28.2 Å². The first-order valence-electron chi connectivity index (χ1n) is 10.6. The molecule has 170 valence electrons. The zero-order chi connectivity index (χ0) is 21.6. The number of methoxy groups -OCH3 is 1. The van der Waals surface area contributed by atoms with Crippen LogP contribution < -0.4 is 15.8 Å². The molecule has 0 aromatic carbocycles. The van der Waals surface area contributed by atoms with Gasteiger partial charge in [-0.2, -0.15) is 0 Å². The van der Waals surface area contributed by atoms with Crippen molar-refractivity contribution < 1.29 is 9.53 Å². The van der Waals surface area contributed by atoms with Gasteiger partial charge in [-0.25, -0.2) is 0 Å². The molecule has 2 aliphatic heterocycles. The van der Waals surface area contributed by atoms with Crippen LogP contribution in [0.1, 0.15) is 47.1 Å². The van der Waals surface area contributed by atoms with E-state index in [0.717, 1.165) is 17.8 Å². The maximum absolute atomic E-state index is 13.4. The van der Waals surface area contributed by atoms with E-state index >= 15 is 0 Å². The Kier molecular flexibility index (Phi) is 7.45. The largest absolute Gasteiger partial charge is 0.363 e. The predicted octanol–water partition coefficient (Wildman–Crippen LogP) is 2.21. The second-order valence-corrected chi connectivity index (χ2v) is 9.86. The van der Waals surface area contributed by atoms with Crippen LogP contribution in [-0.4, -0.2) is 60.4 Å². The monoisotopic (exact) mass is 440 g/mol. The van der Waals surface area contributed by atoms with E-state index in [4.69, 9.17) is 4.74 Å². The number of hydrogen-bond donors (Lipinski definition) is 1. The summed E-state index contributed by atoms with van der Waals surface area (Å²) in [5.41, 5.74) is 1.06. The van der Waals surface area contributed by atoms with Crippen molar-refractivity contribution in [2.24, 2.45) is 5.92 Å². The fraction of sp³-hybridized carbons (Fsp3) is 0.727. The molecule has 0 aliphatic carbocycles. The van der Waals surface area contributed by atoms with Crippen LogP contribution >= 0.6 is 12.4 Å². The van der Waals surface area contributed by atoms with E-state index < -0.39 is 5.72 Å². The van der Waals surface area contributed by atoms with Crippen LogP contribution in [0.4, 0.5) is 5.69 Å². The van der Waals surface area contributed by atoms with E-state index in [0.29, 0.717) is 31.6 Å². The Morgan fingerprint density at radius 2 is 2.00 bits per heavy atom. The van der Waals surface area contributed by atoms with E-state index in [1.54, 1.807) is 17.7 Å². The van der Waals surface area contributed by atoms with E-state index in [1.165, 1.54) is 0 Å².